The fourth-order valence-electron chi connectivity index (χ4n) is 2.27. The van der Waals surface area contributed by atoms with Crippen LogP contribution in [0.3, 0.4) is 0 Å². The second-order valence-corrected chi connectivity index (χ2v) is 4.62. The molecule has 1 aromatic heterocycles. The molecule has 0 saturated carbocycles. The molecule has 1 unspecified atom stereocenters. The lowest BCUT2D eigenvalue weighted by Crippen LogP contribution is -2.57. The van der Waals surface area contributed by atoms with Gasteiger partial charge in [0, 0.05) is 12.1 Å². The molecule has 1 atom stereocenters. The minimum Gasteiger partial charge on any atom is -0.370 e. The quantitative estimate of drug-likeness (QED) is 0.771. The molecule has 2 amide bonds. The summed E-state index contributed by atoms with van der Waals surface area (Å²) < 4.78 is 0. The van der Waals surface area contributed by atoms with Crippen LogP contribution < -0.4 is 15.5 Å². The number of anilines is 2. The third-order valence-corrected chi connectivity index (χ3v) is 3.32. The van der Waals surface area contributed by atoms with Crippen LogP contribution in [-0.4, -0.2) is 40.9 Å². The van der Waals surface area contributed by atoms with Gasteiger partial charge in [0.05, 0.1) is 6.54 Å². The Kier molecular flexibility index (Phi) is 4.16. The standard InChI is InChI=1S/C13H19N5O2/c1-4-9-11(14-5-2)15-7-16-12(9)18-6-10(19)17-13(20)8(18)3/h7-8H,4-6H2,1-3H3,(H,14,15,16)(H,17,19,20). The Labute approximate surface area is 117 Å². The normalized spacial score (nSPS) is 18.9. The molecule has 2 heterocycles. The summed E-state index contributed by atoms with van der Waals surface area (Å²) in [7, 11) is 0. The van der Waals surface area contributed by atoms with Crippen LogP contribution in [-0.2, 0) is 16.0 Å². The third-order valence-electron chi connectivity index (χ3n) is 3.32. The molecule has 7 heteroatoms. The van der Waals surface area contributed by atoms with E-state index in [0.29, 0.717) is 5.82 Å². The molecule has 2 N–H and O–H groups in total. The Hall–Kier alpha value is -2.18. The van der Waals surface area contributed by atoms with Crippen molar-refractivity contribution in [3.63, 3.8) is 0 Å². The minimum atomic E-state index is -0.428. The fraction of sp³-hybridized carbons (Fsp3) is 0.538. The van der Waals surface area contributed by atoms with Gasteiger partial charge in [-0.15, -0.1) is 0 Å². The summed E-state index contributed by atoms with van der Waals surface area (Å²) >= 11 is 0. The number of carbonyl (C=O) groups is 2. The molecular weight excluding hydrogens is 258 g/mol. The van der Waals surface area contributed by atoms with Crippen molar-refractivity contribution in [2.45, 2.75) is 33.2 Å². The average molecular weight is 277 g/mol. The molecule has 1 aliphatic heterocycles. The molecule has 2 rings (SSSR count). The number of hydrogen-bond donors (Lipinski definition) is 2. The van der Waals surface area contributed by atoms with E-state index in [1.807, 2.05) is 13.8 Å². The highest BCUT2D eigenvalue weighted by Gasteiger charge is 2.32. The molecule has 0 spiro atoms. The van der Waals surface area contributed by atoms with E-state index in [9.17, 15) is 9.59 Å². The largest absolute Gasteiger partial charge is 0.370 e. The molecule has 1 aromatic rings. The number of nitrogens with one attached hydrogen (secondary N) is 2. The van der Waals surface area contributed by atoms with E-state index < -0.39 is 6.04 Å². The van der Waals surface area contributed by atoms with E-state index in [0.717, 1.165) is 24.3 Å². The molecular formula is C13H19N5O2. The molecule has 20 heavy (non-hydrogen) atoms. The highest BCUT2D eigenvalue weighted by molar-refractivity contribution is 6.04. The first-order valence-electron chi connectivity index (χ1n) is 6.76. The topological polar surface area (TPSA) is 87.2 Å². The SMILES string of the molecule is CCNc1ncnc(N2CC(=O)NC(=O)C2C)c1CC. The van der Waals surface area contributed by atoms with E-state index in [1.54, 1.807) is 11.8 Å². The van der Waals surface area contributed by atoms with Gasteiger partial charge in [0.2, 0.25) is 11.8 Å². The van der Waals surface area contributed by atoms with Gasteiger partial charge >= 0.3 is 0 Å². The monoisotopic (exact) mass is 277 g/mol. The van der Waals surface area contributed by atoms with Crippen molar-refractivity contribution in [2.24, 2.45) is 0 Å². The van der Waals surface area contributed by atoms with Crippen molar-refractivity contribution < 1.29 is 9.59 Å². The van der Waals surface area contributed by atoms with E-state index in [4.69, 9.17) is 0 Å². The van der Waals surface area contributed by atoms with E-state index in [1.165, 1.54) is 6.33 Å². The van der Waals surface area contributed by atoms with Gasteiger partial charge in [-0.05, 0) is 20.3 Å². The third kappa shape index (κ3) is 2.56. The molecule has 0 radical (unpaired) electrons. The minimum absolute atomic E-state index is 0.127. The van der Waals surface area contributed by atoms with Crippen LogP contribution in [0.2, 0.25) is 0 Å². The number of rotatable bonds is 4. The van der Waals surface area contributed by atoms with Gasteiger partial charge in [-0.1, -0.05) is 6.92 Å². The van der Waals surface area contributed by atoms with E-state index >= 15 is 0 Å². The van der Waals surface area contributed by atoms with Crippen molar-refractivity contribution in [3.8, 4) is 0 Å². The van der Waals surface area contributed by atoms with Crippen molar-refractivity contribution in [1.82, 2.24) is 15.3 Å². The number of piperazine rings is 1. The van der Waals surface area contributed by atoms with Gasteiger partial charge in [0.25, 0.3) is 0 Å². The first kappa shape index (κ1) is 14.2. The van der Waals surface area contributed by atoms with Gasteiger partial charge in [0.1, 0.15) is 24.0 Å². The predicted octanol–water partition coefficient (Wildman–Crippen LogP) is 0.322. The molecule has 7 nitrogen and oxygen atoms in total. The molecule has 1 aliphatic rings. The van der Waals surface area contributed by atoms with Crippen LogP contribution in [0, 0.1) is 0 Å². The van der Waals surface area contributed by atoms with Gasteiger partial charge in [-0.25, -0.2) is 9.97 Å². The number of carbonyl (C=O) groups excluding carboxylic acids is 2. The molecule has 0 aliphatic carbocycles. The maximum atomic E-state index is 11.8. The summed E-state index contributed by atoms with van der Waals surface area (Å²) in [5, 5.41) is 5.51. The molecule has 1 fully saturated rings. The zero-order chi connectivity index (χ0) is 14.7. The van der Waals surface area contributed by atoms with Gasteiger partial charge in [-0.3, -0.25) is 14.9 Å². The molecule has 108 valence electrons. The Morgan fingerprint density at radius 1 is 1.40 bits per heavy atom. The smallest absolute Gasteiger partial charge is 0.249 e. The van der Waals surface area contributed by atoms with Crippen LogP contribution >= 0.6 is 0 Å². The zero-order valence-corrected chi connectivity index (χ0v) is 11.9. The Morgan fingerprint density at radius 2 is 2.15 bits per heavy atom. The summed E-state index contributed by atoms with van der Waals surface area (Å²) in [5.74, 6) is 0.797. The maximum absolute atomic E-state index is 11.8. The Balaban J connectivity index is 2.42. The average Bonchev–Trinajstić information content (AvgIpc) is 2.43. The number of aromatic nitrogens is 2. The Bertz CT molecular complexity index is 531. The maximum Gasteiger partial charge on any atom is 0.249 e. The van der Waals surface area contributed by atoms with Crippen LogP contribution in [0.5, 0.6) is 0 Å². The molecule has 0 bridgehead atoms. The van der Waals surface area contributed by atoms with Crippen LogP contribution in [0.15, 0.2) is 6.33 Å². The van der Waals surface area contributed by atoms with Crippen molar-refractivity contribution >= 4 is 23.5 Å². The second kappa shape index (κ2) is 5.85. The molecule has 1 saturated heterocycles. The highest BCUT2D eigenvalue weighted by atomic mass is 16.2. The molecule has 0 aromatic carbocycles. The van der Waals surface area contributed by atoms with Gasteiger partial charge in [-0.2, -0.15) is 0 Å². The second-order valence-electron chi connectivity index (χ2n) is 4.62. The van der Waals surface area contributed by atoms with Gasteiger partial charge in [0.15, 0.2) is 0 Å². The highest BCUT2D eigenvalue weighted by Crippen LogP contribution is 2.26. The van der Waals surface area contributed by atoms with Crippen LogP contribution in [0.1, 0.15) is 26.3 Å². The fourth-order valence-corrected chi connectivity index (χ4v) is 2.27. The first-order chi connectivity index (χ1) is 9.58. The first-order valence-corrected chi connectivity index (χ1v) is 6.76. The summed E-state index contributed by atoms with van der Waals surface area (Å²) in [6.45, 7) is 6.62. The zero-order valence-electron chi connectivity index (χ0n) is 11.9. The summed E-state index contributed by atoms with van der Waals surface area (Å²) in [5.41, 5.74) is 0.920. The van der Waals surface area contributed by atoms with Crippen LogP contribution in [0.4, 0.5) is 11.6 Å². The summed E-state index contributed by atoms with van der Waals surface area (Å²) in [6, 6.07) is -0.428. The summed E-state index contributed by atoms with van der Waals surface area (Å²) in [6.07, 6.45) is 2.17. The Morgan fingerprint density at radius 3 is 2.80 bits per heavy atom. The lowest BCUT2D eigenvalue weighted by molar-refractivity contribution is -0.132. The lowest BCUT2D eigenvalue weighted by atomic mass is 10.1. The van der Waals surface area contributed by atoms with Crippen molar-refractivity contribution in [3.05, 3.63) is 11.9 Å². The van der Waals surface area contributed by atoms with Gasteiger partial charge < -0.3 is 10.2 Å². The predicted molar refractivity (Wildman–Crippen MR) is 75.5 cm³/mol. The van der Waals surface area contributed by atoms with E-state index in [2.05, 4.69) is 20.6 Å². The van der Waals surface area contributed by atoms with Crippen LogP contribution in [0.25, 0.3) is 0 Å². The van der Waals surface area contributed by atoms with E-state index in [-0.39, 0.29) is 18.4 Å². The number of hydrogen-bond acceptors (Lipinski definition) is 6. The summed E-state index contributed by atoms with van der Waals surface area (Å²) in [4.78, 5) is 33.6. The lowest BCUT2D eigenvalue weighted by Gasteiger charge is -2.33. The van der Waals surface area contributed by atoms with Crippen molar-refractivity contribution in [1.29, 1.82) is 0 Å². The van der Waals surface area contributed by atoms with Crippen molar-refractivity contribution in [2.75, 3.05) is 23.3 Å². The number of nitrogens with zero attached hydrogens (tertiary/aromatic N) is 3. The number of amides is 2. The number of imide groups is 1.